The maximum Gasteiger partial charge on any atom is 0.218 e. The van der Waals surface area contributed by atoms with Crippen LogP contribution in [0.3, 0.4) is 0 Å². The van der Waals surface area contributed by atoms with Gasteiger partial charge in [-0.05, 0) is 36.1 Å². The number of hydrogen-bond acceptors (Lipinski definition) is 2. The molecule has 0 aliphatic rings. The fourth-order valence-corrected chi connectivity index (χ4v) is 2.74. The quantitative estimate of drug-likeness (QED) is 0.751. The van der Waals surface area contributed by atoms with Gasteiger partial charge >= 0.3 is 0 Å². The normalized spacial score (nSPS) is 13.1. The third-order valence-electron chi connectivity index (χ3n) is 3.69. The Morgan fingerprint density at radius 3 is 3.00 bits per heavy atom. The van der Waals surface area contributed by atoms with Crippen molar-refractivity contribution in [3.05, 3.63) is 36.2 Å². The molecule has 1 amide bonds. The zero-order valence-corrected chi connectivity index (χ0v) is 10.8. The van der Waals surface area contributed by atoms with Crippen LogP contribution in [0.15, 0.2) is 35.1 Å². The first-order chi connectivity index (χ1) is 9.20. The molecule has 4 nitrogen and oxygen atoms in total. The topological polar surface area (TPSA) is 72.0 Å². The third kappa shape index (κ3) is 1.89. The number of rotatable bonds is 4. The van der Waals surface area contributed by atoms with Gasteiger partial charge in [-0.3, -0.25) is 4.79 Å². The van der Waals surface area contributed by atoms with E-state index in [0.717, 1.165) is 33.9 Å². The maximum absolute atomic E-state index is 11.2. The highest BCUT2D eigenvalue weighted by Gasteiger charge is 2.18. The van der Waals surface area contributed by atoms with Gasteiger partial charge in [-0.25, -0.2) is 0 Å². The van der Waals surface area contributed by atoms with Gasteiger partial charge in [-0.15, -0.1) is 0 Å². The Morgan fingerprint density at radius 2 is 2.26 bits per heavy atom. The predicted molar refractivity (Wildman–Crippen MR) is 74.9 cm³/mol. The van der Waals surface area contributed by atoms with Crippen LogP contribution < -0.4 is 5.73 Å². The van der Waals surface area contributed by atoms with Crippen molar-refractivity contribution in [2.45, 2.75) is 25.7 Å². The number of aromatic amines is 1. The second-order valence-corrected chi connectivity index (χ2v) is 4.84. The number of furan rings is 1. The first kappa shape index (κ1) is 11.8. The van der Waals surface area contributed by atoms with Crippen LogP contribution in [0.1, 0.15) is 31.2 Å². The van der Waals surface area contributed by atoms with E-state index in [-0.39, 0.29) is 11.8 Å². The number of hydrogen-bond donors (Lipinski definition) is 2. The molecule has 3 N–H and O–H groups in total. The van der Waals surface area contributed by atoms with Gasteiger partial charge in [-0.2, -0.15) is 0 Å². The lowest BCUT2D eigenvalue weighted by molar-refractivity contribution is -0.118. The highest BCUT2D eigenvalue weighted by Crippen LogP contribution is 2.35. The third-order valence-corrected chi connectivity index (χ3v) is 3.69. The van der Waals surface area contributed by atoms with E-state index in [0.29, 0.717) is 6.42 Å². The zero-order valence-electron chi connectivity index (χ0n) is 10.8. The van der Waals surface area contributed by atoms with Gasteiger partial charge in [0, 0.05) is 28.9 Å². The van der Waals surface area contributed by atoms with E-state index >= 15 is 0 Å². The molecule has 0 aliphatic carbocycles. The second kappa shape index (κ2) is 4.46. The SMILES string of the molecule is CCC(CC(N)=O)c1c[nH]c2ccc3occc3c12. The van der Waals surface area contributed by atoms with E-state index < -0.39 is 0 Å². The van der Waals surface area contributed by atoms with Crippen LogP contribution in [0.4, 0.5) is 0 Å². The number of amides is 1. The molecular formula is C15H16N2O2. The number of fused-ring (bicyclic) bond motifs is 3. The van der Waals surface area contributed by atoms with Crippen molar-refractivity contribution in [3.63, 3.8) is 0 Å². The molecule has 19 heavy (non-hydrogen) atoms. The van der Waals surface area contributed by atoms with Crippen molar-refractivity contribution in [1.82, 2.24) is 4.98 Å². The summed E-state index contributed by atoms with van der Waals surface area (Å²) in [5.41, 5.74) is 8.41. The van der Waals surface area contributed by atoms with Crippen molar-refractivity contribution in [3.8, 4) is 0 Å². The summed E-state index contributed by atoms with van der Waals surface area (Å²) in [6, 6.07) is 5.92. The fraction of sp³-hybridized carbons (Fsp3) is 0.267. The molecule has 3 aromatic rings. The standard InChI is InChI=1S/C15H16N2O2/c1-2-9(7-14(16)18)11-8-17-12-3-4-13-10(15(11)12)5-6-19-13/h3-6,8-9,17H,2,7H2,1H3,(H2,16,18). The molecule has 0 saturated carbocycles. The van der Waals surface area contributed by atoms with Crippen LogP contribution in [-0.4, -0.2) is 10.9 Å². The summed E-state index contributed by atoms with van der Waals surface area (Å²) in [6.07, 6.45) is 4.92. The number of H-pyrrole nitrogens is 1. The number of benzene rings is 1. The van der Waals surface area contributed by atoms with Gasteiger partial charge in [0.2, 0.25) is 5.91 Å². The van der Waals surface area contributed by atoms with Gasteiger partial charge in [0.25, 0.3) is 0 Å². The van der Waals surface area contributed by atoms with Crippen molar-refractivity contribution in [2.24, 2.45) is 5.73 Å². The van der Waals surface area contributed by atoms with Gasteiger partial charge in [-0.1, -0.05) is 6.92 Å². The Balaban J connectivity index is 2.22. The summed E-state index contributed by atoms with van der Waals surface area (Å²) in [6.45, 7) is 2.07. The average Bonchev–Trinajstić information content (AvgIpc) is 3.00. The van der Waals surface area contributed by atoms with E-state index in [1.165, 1.54) is 0 Å². The van der Waals surface area contributed by atoms with Gasteiger partial charge in [0.1, 0.15) is 5.58 Å². The lowest BCUT2D eigenvalue weighted by atomic mass is 9.91. The minimum atomic E-state index is -0.263. The Hall–Kier alpha value is -2.23. The minimum Gasteiger partial charge on any atom is -0.464 e. The van der Waals surface area contributed by atoms with Crippen LogP contribution in [0.25, 0.3) is 21.9 Å². The highest BCUT2D eigenvalue weighted by atomic mass is 16.3. The second-order valence-electron chi connectivity index (χ2n) is 4.84. The maximum atomic E-state index is 11.2. The zero-order chi connectivity index (χ0) is 13.4. The van der Waals surface area contributed by atoms with E-state index in [9.17, 15) is 4.79 Å². The molecule has 1 unspecified atom stereocenters. The first-order valence-corrected chi connectivity index (χ1v) is 6.46. The molecule has 3 rings (SSSR count). The van der Waals surface area contributed by atoms with Crippen LogP contribution in [0.2, 0.25) is 0 Å². The van der Waals surface area contributed by atoms with Crippen molar-refractivity contribution >= 4 is 27.8 Å². The number of aromatic nitrogens is 1. The number of nitrogens with two attached hydrogens (primary N) is 1. The summed E-state index contributed by atoms with van der Waals surface area (Å²) in [7, 11) is 0. The van der Waals surface area contributed by atoms with E-state index in [1.54, 1.807) is 6.26 Å². The average molecular weight is 256 g/mol. The summed E-state index contributed by atoms with van der Waals surface area (Å²) in [4.78, 5) is 14.5. The molecular weight excluding hydrogens is 240 g/mol. The molecule has 1 atom stereocenters. The smallest absolute Gasteiger partial charge is 0.218 e. The monoisotopic (exact) mass is 256 g/mol. The minimum absolute atomic E-state index is 0.145. The molecule has 0 aliphatic heterocycles. The summed E-state index contributed by atoms with van der Waals surface area (Å²) >= 11 is 0. The van der Waals surface area contributed by atoms with Crippen LogP contribution in [-0.2, 0) is 4.79 Å². The molecule has 0 bridgehead atoms. The Labute approximate surface area is 110 Å². The molecule has 0 fully saturated rings. The van der Waals surface area contributed by atoms with E-state index in [4.69, 9.17) is 10.2 Å². The van der Waals surface area contributed by atoms with Gasteiger partial charge < -0.3 is 15.1 Å². The molecule has 0 spiro atoms. The van der Waals surface area contributed by atoms with E-state index in [2.05, 4.69) is 11.9 Å². The molecule has 2 heterocycles. The Kier molecular flexibility index (Phi) is 2.78. The number of carbonyl (C=O) groups is 1. The van der Waals surface area contributed by atoms with Crippen LogP contribution >= 0.6 is 0 Å². The largest absolute Gasteiger partial charge is 0.464 e. The summed E-state index contributed by atoms with van der Waals surface area (Å²) in [5.74, 6) is -0.118. The van der Waals surface area contributed by atoms with Gasteiger partial charge in [0.05, 0.1) is 6.26 Å². The molecule has 2 aromatic heterocycles. The molecule has 98 valence electrons. The molecule has 1 aromatic carbocycles. The number of primary amides is 1. The number of nitrogens with one attached hydrogen (secondary N) is 1. The Bertz CT molecular complexity index is 739. The van der Waals surface area contributed by atoms with E-state index in [1.807, 2.05) is 24.4 Å². The first-order valence-electron chi connectivity index (χ1n) is 6.46. The summed E-state index contributed by atoms with van der Waals surface area (Å²) in [5, 5.41) is 2.22. The number of carbonyl (C=O) groups excluding carboxylic acids is 1. The van der Waals surface area contributed by atoms with Crippen LogP contribution in [0.5, 0.6) is 0 Å². The van der Waals surface area contributed by atoms with Gasteiger partial charge in [0.15, 0.2) is 0 Å². The van der Waals surface area contributed by atoms with Crippen molar-refractivity contribution in [2.75, 3.05) is 0 Å². The lowest BCUT2D eigenvalue weighted by Gasteiger charge is -2.12. The molecule has 0 saturated heterocycles. The summed E-state index contributed by atoms with van der Waals surface area (Å²) < 4.78 is 5.44. The molecule has 0 radical (unpaired) electrons. The van der Waals surface area contributed by atoms with Crippen LogP contribution in [0, 0.1) is 0 Å². The van der Waals surface area contributed by atoms with Crippen molar-refractivity contribution in [1.29, 1.82) is 0 Å². The highest BCUT2D eigenvalue weighted by molar-refractivity contribution is 6.06. The predicted octanol–water partition coefficient (Wildman–Crippen LogP) is 3.28. The van der Waals surface area contributed by atoms with Crippen molar-refractivity contribution < 1.29 is 9.21 Å². The fourth-order valence-electron chi connectivity index (χ4n) is 2.74. The lowest BCUT2D eigenvalue weighted by Crippen LogP contribution is -2.14. The molecule has 4 heteroatoms. The Morgan fingerprint density at radius 1 is 1.42 bits per heavy atom.